The summed E-state index contributed by atoms with van der Waals surface area (Å²) >= 11 is 0. The van der Waals surface area contributed by atoms with Crippen LogP contribution in [-0.4, -0.2) is 12.5 Å². The van der Waals surface area contributed by atoms with Gasteiger partial charge in [-0.1, -0.05) is 6.07 Å². The van der Waals surface area contributed by atoms with Crippen molar-refractivity contribution in [3.05, 3.63) is 23.8 Å². The zero-order valence-electron chi connectivity index (χ0n) is 8.79. The van der Waals surface area contributed by atoms with Crippen LogP contribution in [0.4, 0.5) is 11.4 Å². The maximum Gasteiger partial charge on any atom is 0.223 e. The Kier molecular flexibility index (Phi) is 1.48. The second kappa shape index (κ2) is 2.54. The van der Waals surface area contributed by atoms with Crippen LogP contribution in [-0.2, 0) is 10.2 Å². The number of hydrogen-bond acceptors (Lipinski definition) is 2. The summed E-state index contributed by atoms with van der Waals surface area (Å²) in [5.74, 6) is 0.116. The summed E-state index contributed by atoms with van der Waals surface area (Å²) in [5, 5.41) is 0. The van der Waals surface area contributed by atoms with E-state index in [1.165, 1.54) is 18.4 Å². The molecular weight excluding hydrogens is 188 g/mol. The van der Waals surface area contributed by atoms with Crippen LogP contribution in [0.2, 0.25) is 0 Å². The summed E-state index contributed by atoms with van der Waals surface area (Å²) in [7, 11) is 0. The molecule has 3 nitrogen and oxygen atoms in total. The number of carbonyl (C=O) groups excluding carboxylic acids is 1. The fourth-order valence-corrected chi connectivity index (χ4v) is 2.55. The third kappa shape index (κ3) is 1.09. The molecule has 1 amide bonds. The Bertz CT molecular complexity index is 449. The second-order valence-corrected chi connectivity index (χ2v) is 4.66. The van der Waals surface area contributed by atoms with E-state index < -0.39 is 0 Å². The number of carbonyl (C=O) groups is 1. The molecule has 3 heteroatoms. The lowest BCUT2D eigenvalue weighted by molar-refractivity contribution is -0.116. The number of nitrogen functional groups attached to an aromatic ring is 1. The molecule has 2 N–H and O–H groups in total. The zero-order chi connectivity index (χ0) is 10.6. The lowest BCUT2D eigenvalue weighted by Gasteiger charge is -2.15. The Morgan fingerprint density at radius 1 is 1.47 bits per heavy atom. The minimum atomic E-state index is 0.116. The molecule has 1 fully saturated rings. The van der Waals surface area contributed by atoms with E-state index in [1.807, 2.05) is 17.0 Å². The molecule has 1 spiro atoms. The number of benzene rings is 1. The summed E-state index contributed by atoms with van der Waals surface area (Å²) in [5.41, 5.74) is 9.11. The molecule has 0 atom stereocenters. The van der Waals surface area contributed by atoms with Gasteiger partial charge in [0.2, 0.25) is 5.91 Å². The van der Waals surface area contributed by atoms with E-state index in [2.05, 4.69) is 6.07 Å². The van der Waals surface area contributed by atoms with Gasteiger partial charge in [0.25, 0.3) is 0 Å². The van der Waals surface area contributed by atoms with Gasteiger partial charge in [0.05, 0.1) is 0 Å². The van der Waals surface area contributed by atoms with Crippen molar-refractivity contribution in [2.24, 2.45) is 0 Å². The number of amides is 1. The number of fused-ring (bicyclic) bond motifs is 2. The highest BCUT2D eigenvalue weighted by molar-refractivity contribution is 5.95. The first-order valence-corrected chi connectivity index (χ1v) is 5.30. The van der Waals surface area contributed by atoms with Crippen LogP contribution in [0.3, 0.4) is 0 Å². The molecule has 1 aromatic carbocycles. The molecule has 0 aromatic heterocycles. The van der Waals surface area contributed by atoms with Gasteiger partial charge in [0.15, 0.2) is 0 Å². The first-order valence-electron chi connectivity index (χ1n) is 5.30. The van der Waals surface area contributed by atoms with E-state index in [0.717, 1.165) is 17.9 Å². The molecule has 1 saturated carbocycles. The molecular formula is C12H14N2O. The Hall–Kier alpha value is -1.51. The van der Waals surface area contributed by atoms with Crippen molar-refractivity contribution in [3.8, 4) is 0 Å². The standard InChI is InChI=1S/C12H14N2O/c1-8(15)14-7-12(4-5-12)10-3-2-9(13)6-11(10)14/h2-3,6H,4-5,7,13H2,1H3. The van der Waals surface area contributed by atoms with Crippen molar-refractivity contribution in [1.82, 2.24) is 0 Å². The van der Waals surface area contributed by atoms with Crippen LogP contribution in [0, 0.1) is 0 Å². The smallest absolute Gasteiger partial charge is 0.223 e. The highest BCUT2D eigenvalue weighted by atomic mass is 16.2. The number of anilines is 2. The number of rotatable bonds is 0. The van der Waals surface area contributed by atoms with Gasteiger partial charge in [-0.15, -0.1) is 0 Å². The van der Waals surface area contributed by atoms with Crippen LogP contribution >= 0.6 is 0 Å². The van der Waals surface area contributed by atoms with Gasteiger partial charge in [-0.2, -0.15) is 0 Å². The third-order valence-corrected chi connectivity index (χ3v) is 3.58. The van der Waals surface area contributed by atoms with E-state index in [-0.39, 0.29) is 11.3 Å². The Balaban J connectivity index is 2.16. The highest BCUT2D eigenvalue weighted by Gasteiger charge is 2.52. The van der Waals surface area contributed by atoms with E-state index in [9.17, 15) is 4.79 Å². The normalized spacial score (nSPS) is 20.5. The van der Waals surface area contributed by atoms with Gasteiger partial charge >= 0.3 is 0 Å². The Labute approximate surface area is 88.9 Å². The molecule has 0 bridgehead atoms. The monoisotopic (exact) mass is 202 g/mol. The average Bonchev–Trinajstić information content (AvgIpc) is 2.86. The molecule has 3 rings (SSSR count). The van der Waals surface area contributed by atoms with Crippen molar-refractivity contribution in [1.29, 1.82) is 0 Å². The van der Waals surface area contributed by atoms with Crippen molar-refractivity contribution in [2.45, 2.75) is 25.2 Å². The van der Waals surface area contributed by atoms with Crippen molar-refractivity contribution in [3.63, 3.8) is 0 Å². The van der Waals surface area contributed by atoms with Gasteiger partial charge in [0, 0.05) is 30.3 Å². The van der Waals surface area contributed by atoms with Crippen LogP contribution in [0.15, 0.2) is 18.2 Å². The van der Waals surface area contributed by atoms with E-state index in [4.69, 9.17) is 5.73 Å². The van der Waals surface area contributed by atoms with Gasteiger partial charge in [-0.25, -0.2) is 0 Å². The first-order chi connectivity index (χ1) is 7.12. The topological polar surface area (TPSA) is 46.3 Å². The van der Waals surface area contributed by atoms with Gasteiger partial charge in [-0.3, -0.25) is 4.79 Å². The molecule has 1 aliphatic heterocycles. The molecule has 2 aliphatic rings. The lowest BCUT2D eigenvalue weighted by atomic mass is 9.98. The molecule has 0 saturated heterocycles. The van der Waals surface area contributed by atoms with Crippen LogP contribution < -0.4 is 10.6 Å². The molecule has 15 heavy (non-hydrogen) atoms. The molecule has 1 aliphatic carbocycles. The largest absolute Gasteiger partial charge is 0.399 e. The fraction of sp³-hybridized carbons (Fsp3) is 0.417. The fourth-order valence-electron chi connectivity index (χ4n) is 2.55. The van der Waals surface area contributed by atoms with Crippen LogP contribution in [0.5, 0.6) is 0 Å². The SMILES string of the molecule is CC(=O)N1CC2(CC2)c2ccc(N)cc21. The van der Waals surface area contributed by atoms with Gasteiger partial charge in [0.1, 0.15) is 0 Å². The van der Waals surface area contributed by atoms with Gasteiger partial charge < -0.3 is 10.6 Å². The molecule has 0 unspecified atom stereocenters. The number of hydrogen-bond donors (Lipinski definition) is 1. The lowest BCUT2D eigenvalue weighted by Crippen LogP contribution is -2.28. The van der Waals surface area contributed by atoms with Crippen LogP contribution in [0.25, 0.3) is 0 Å². The van der Waals surface area contributed by atoms with E-state index >= 15 is 0 Å². The molecule has 0 radical (unpaired) electrons. The second-order valence-electron chi connectivity index (χ2n) is 4.66. The molecule has 1 heterocycles. The summed E-state index contributed by atoms with van der Waals surface area (Å²) < 4.78 is 0. The predicted molar refractivity (Wildman–Crippen MR) is 59.8 cm³/mol. The predicted octanol–water partition coefficient (Wildman–Crippen LogP) is 1.67. The zero-order valence-corrected chi connectivity index (χ0v) is 8.79. The average molecular weight is 202 g/mol. The minimum absolute atomic E-state index is 0.116. The summed E-state index contributed by atoms with van der Waals surface area (Å²) in [6.45, 7) is 2.47. The Morgan fingerprint density at radius 3 is 2.80 bits per heavy atom. The van der Waals surface area contributed by atoms with Crippen molar-refractivity contribution < 1.29 is 4.79 Å². The maximum atomic E-state index is 11.5. The minimum Gasteiger partial charge on any atom is -0.399 e. The third-order valence-electron chi connectivity index (χ3n) is 3.58. The summed E-state index contributed by atoms with van der Waals surface area (Å²) in [6.07, 6.45) is 2.40. The Morgan fingerprint density at radius 2 is 2.20 bits per heavy atom. The molecule has 78 valence electrons. The number of nitrogens with two attached hydrogens (primary N) is 1. The maximum absolute atomic E-state index is 11.5. The molecule has 1 aromatic rings. The van der Waals surface area contributed by atoms with Crippen LogP contribution in [0.1, 0.15) is 25.3 Å². The summed E-state index contributed by atoms with van der Waals surface area (Å²) in [4.78, 5) is 13.4. The summed E-state index contributed by atoms with van der Waals surface area (Å²) in [6, 6.07) is 5.94. The number of nitrogens with zero attached hydrogens (tertiary/aromatic N) is 1. The van der Waals surface area contributed by atoms with Gasteiger partial charge in [-0.05, 0) is 30.5 Å². The highest BCUT2D eigenvalue weighted by Crippen LogP contribution is 2.56. The van der Waals surface area contributed by atoms with E-state index in [1.54, 1.807) is 6.92 Å². The van der Waals surface area contributed by atoms with E-state index in [0.29, 0.717) is 0 Å². The quantitative estimate of drug-likeness (QED) is 0.650. The van der Waals surface area contributed by atoms with Crippen molar-refractivity contribution >= 4 is 17.3 Å². The van der Waals surface area contributed by atoms with Crippen molar-refractivity contribution in [2.75, 3.05) is 17.2 Å². The first kappa shape index (κ1) is 8.77.